The quantitative estimate of drug-likeness (QED) is 0.559. The van der Waals surface area contributed by atoms with Crippen LogP contribution < -0.4 is 20.1 Å². The highest BCUT2D eigenvalue weighted by Gasteiger charge is 2.19. The Balaban J connectivity index is 0.00000450. The van der Waals surface area contributed by atoms with Crippen LogP contribution in [-0.2, 0) is 11.3 Å². The first-order chi connectivity index (χ1) is 13.7. The molecule has 30 heavy (non-hydrogen) atoms. The van der Waals surface area contributed by atoms with E-state index in [1.807, 2.05) is 70.2 Å². The molecule has 0 fully saturated rings. The number of nitrogens with one attached hydrogen (secondary N) is 2. The van der Waals surface area contributed by atoms with E-state index >= 15 is 0 Å². The highest BCUT2D eigenvalue weighted by atomic mass is 35.5. The number of hydrogen-bond donors (Lipinski definition) is 3. The van der Waals surface area contributed by atoms with E-state index in [0.717, 1.165) is 11.1 Å². The van der Waals surface area contributed by atoms with Gasteiger partial charge in [0.1, 0.15) is 0 Å². The second-order valence-electron chi connectivity index (χ2n) is 8.06. The summed E-state index contributed by atoms with van der Waals surface area (Å²) in [5, 5.41) is 16.8. The van der Waals surface area contributed by atoms with Gasteiger partial charge in [-0.25, -0.2) is 0 Å². The van der Waals surface area contributed by atoms with E-state index in [-0.39, 0.29) is 36.5 Å². The normalized spacial score (nSPS) is 13.0. The zero-order valence-electron chi connectivity index (χ0n) is 18.3. The molecule has 2 unspecified atom stereocenters. The van der Waals surface area contributed by atoms with E-state index < -0.39 is 6.10 Å². The first-order valence-corrected chi connectivity index (χ1v) is 9.77. The van der Waals surface area contributed by atoms with E-state index in [1.165, 1.54) is 0 Å². The van der Waals surface area contributed by atoms with Gasteiger partial charge >= 0.3 is 0 Å². The minimum Gasteiger partial charge on any atom is -0.493 e. The van der Waals surface area contributed by atoms with Crippen molar-refractivity contribution in [1.29, 1.82) is 0 Å². The topological polar surface area (TPSA) is 79.8 Å². The number of benzene rings is 2. The van der Waals surface area contributed by atoms with Crippen LogP contribution in [0.25, 0.3) is 0 Å². The second-order valence-corrected chi connectivity index (χ2v) is 8.06. The van der Waals surface area contributed by atoms with Gasteiger partial charge in [0.25, 0.3) is 5.91 Å². The number of hydrogen-bond acceptors (Lipinski definition) is 5. The standard InChI is InChI=1S/C23H32N2O4.ClH/c1-16(21(27)17-10-7-6-8-11-17)24-14-18-12-9-13-19(28-5)22(18)29-15-20(26)25-23(2,3)4;/h6-13,16,21,24,27H,14-15H2,1-5H3,(H,25,26);1H. The molecule has 0 heterocycles. The molecule has 0 aromatic heterocycles. The van der Waals surface area contributed by atoms with Gasteiger partial charge < -0.3 is 25.2 Å². The lowest BCUT2D eigenvalue weighted by Gasteiger charge is -2.23. The molecule has 0 aliphatic heterocycles. The molecule has 2 atom stereocenters. The van der Waals surface area contributed by atoms with Gasteiger partial charge in [0, 0.05) is 23.7 Å². The summed E-state index contributed by atoms with van der Waals surface area (Å²) >= 11 is 0. The number of ether oxygens (including phenoxy) is 2. The first-order valence-electron chi connectivity index (χ1n) is 9.77. The summed E-state index contributed by atoms with van der Waals surface area (Å²) in [5.41, 5.74) is 1.38. The molecule has 7 heteroatoms. The van der Waals surface area contributed by atoms with Crippen molar-refractivity contribution in [2.45, 2.75) is 51.9 Å². The first kappa shape index (κ1) is 25.8. The van der Waals surface area contributed by atoms with Crippen molar-refractivity contribution < 1.29 is 19.4 Å². The Morgan fingerprint density at radius 1 is 1.10 bits per heavy atom. The van der Waals surface area contributed by atoms with Crippen molar-refractivity contribution in [1.82, 2.24) is 10.6 Å². The van der Waals surface area contributed by atoms with Gasteiger partial charge in [-0.1, -0.05) is 42.5 Å². The molecule has 3 N–H and O–H groups in total. The van der Waals surface area contributed by atoms with E-state index in [0.29, 0.717) is 18.0 Å². The third kappa shape index (κ3) is 7.86. The van der Waals surface area contributed by atoms with E-state index in [4.69, 9.17) is 9.47 Å². The number of halogens is 1. The van der Waals surface area contributed by atoms with Crippen LogP contribution in [0.4, 0.5) is 0 Å². The average Bonchev–Trinajstić information content (AvgIpc) is 2.69. The molecule has 6 nitrogen and oxygen atoms in total. The Bertz CT molecular complexity index is 794. The number of amides is 1. The monoisotopic (exact) mass is 436 g/mol. The second kappa shape index (κ2) is 11.8. The molecular weight excluding hydrogens is 404 g/mol. The fourth-order valence-corrected chi connectivity index (χ4v) is 2.94. The summed E-state index contributed by atoms with van der Waals surface area (Å²) in [7, 11) is 1.57. The lowest BCUT2D eigenvalue weighted by Crippen LogP contribution is -2.43. The number of carbonyl (C=O) groups excluding carboxylic acids is 1. The Labute approximate surface area is 185 Å². The zero-order valence-corrected chi connectivity index (χ0v) is 19.1. The van der Waals surface area contributed by atoms with Gasteiger partial charge in [0.15, 0.2) is 18.1 Å². The number of para-hydroxylation sites is 1. The van der Waals surface area contributed by atoms with E-state index in [1.54, 1.807) is 13.2 Å². The zero-order chi connectivity index (χ0) is 21.4. The van der Waals surface area contributed by atoms with Crippen LogP contribution in [0.15, 0.2) is 48.5 Å². The maximum atomic E-state index is 12.1. The van der Waals surface area contributed by atoms with Crippen molar-refractivity contribution in [3.8, 4) is 11.5 Å². The number of rotatable bonds is 9. The largest absolute Gasteiger partial charge is 0.493 e. The molecule has 0 saturated heterocycles. The Morgan fingerprint density at radius 3 is 2.37 bits per heavy atom. The number of aliphatic hydroxyl groups excluding tert-OH is 1. The smallest absolute Gasteiger partial charge is 0.258 e. The van der Waals surface area contributed by atoms with Gasteiger partial charge in [-0.3, -0.25) is 4.79 Å². The minimum atomic E-state index is -0.635. The molecule has 0 aliphatic rings. The van der Waals surface area contributed by atoms with E-state index in [9.17, 15) is 9.90 Å². The van der Waals surface area contributed by atoms with Gasteiger partial charge in [-0.05, 0) is 39.3 Å². The minimum absolute atomic E-state index is 0. The predicted octanol–water partition coefficient (Wildman–Crippen LogP) is 3.62. The van der Waals surface area contributed by atoms with Crippen molar-refractivity contribution in [3.63, 3.8) is 0 Å². The lowest BCUT2D eigenvalue weighted by atomic mass is 10.0. The fraction of sp³-hybridized carbons (Fsp3) is 0.435. The van der Waals surface area contributed by atoms with E-state index in [2.05, 4.69) is 10.6 Å². The van der Waals surface area contributed by atoms with Gasteiger partial charge in [0.2, 0.25) is 0 Å². The summed E-state index contributed by atoms with van der Waals surface area (Å²) < 4.78 is 11.2. The molecule has 0 saturated carbocycles. The molecule has 166 valence electrons. The molecule has 0 bridgehead atoms. The summed E-state index contributed by atoms with van der Waals surface area (Å²) in [4.78, 5) is 12.1. The third-order valence-corrected chi connectivity index (χ3v) is 4.37. The molecule has 2 rings (SSSR count). The Kier molecular flexibility index (Phi) is 10.1. The highest BCUT2D eigenvalue weighted by molar-refractivity contribution is 5.85. The van der Waals surface area contributed by atoms with Crippen LogP contribution in [-0.4, -0.2) is 36.3 Å². The van der Waals surface area contributed by atoms with Crippen LogP contribution in [0, 0.1) is 0 Å². The average molecular weight is 437 g/mol. The summed E-state index contributed by atoms with van der Waals surface area (Å²) in [5.74, 6) is 0.882. The summed E-state index contributed by atoms with van der Waals surface area (Å²) in [6.07, 6.45) is -0.635. The van der Waals surface area contributed by atoms with Crippen molar-refractivity contribution >= 4 is 18.3 Å². The highest BCUT2D eigenvalue weighted by Crippen LogP contribution is 2.31. The maximum absolute atomic E-state index is 12.1. The van der Waals surface area contributed by atoms with Crippen molar-refractivity contribution in [3.05, 3.63) is 59.7 Å². The maximum Gasteiger partial charge on any atom is 0.258 e. The fourth-order valence-electron chi connectivity index (χ4n) is 2.94. The summed E-state index contributed by atoms with van der Waals surface area (Å²) in [6.45, 7) is 8.04. The molecule has 0 radical (unpaired) electrons. The lowest BCUT2D eigenvalue weighted by molar-refractivity contribution is -0.124. The molecule has 2 aromatic rings. The number of aliphatic hydroxyl groups is 1. The molecule has 2 aromatic carbocycles. The Hall–Kier alpha value is -2.28. The van der Waals surface area contributed by atoms with Crippen molar-refractivity contribution in [2.24, 2.45) is 0 Å². The summed E-state index contributed by atoms with van der Waals surface area (Å²) in [6, 6.07) is 14.9. The third-order valence-electron chi connectivity index (χ3n) is 4.37. The SMILES string of the molecule is COc1cccc(CNC(C)C(O)c2ccccc2)c1OCC(=O)NC(C)(C)C.Cl. The number of methoxy groups -OCH3 is 1. The molecular formula is C23H33ClN2O4. The van der Waals surface area contributed by atoms with Gasteiger partial charge in [-0.2, -0.15) is 0 Å². The van der Waals surface area contributed by atoms with Crippen LogP contribution >= 0.6 is 12.4 Å². The van der Waals surface area contributed by atoms with Crippen LogP contribution in [0.2, 0.25) is 0 Å². The van der Waals surface area contributed by atoms with Crippen molar-refractivity contribution in [2.75, 3.05) is 13.7 Å². The number of carbonyl (C=O) groups is 1. The molecule has 0 aliphatic carbocycles. The van der Waals surface area contributed by atoms with Crippen LogP contribution in [0.1, 0.15) is 44.9 Å². The predicted molar refractivity (Wildman–Crippen MR) is 121 cm³/mol. The van der Waals surface area contributed by atoms with Crippen LogP contribution in [0.5, 0.6) is 11.5 Å². The van der Waals surface area contributed by atoms with Gasteiger partial charge in [0.05, 0.1) is 13.2 Å². The Morgan fingerprint density at radius 2 is 1.77 bits per heavy atom. The molecule has 1 amide bonds. The van der Waals surface area contributed by atoms with Gasteiger partial charge in [-0.15, -0.1) is 12.4 Å². The molecule has 0 spiro atoms. The van der Waals surface area contributed by atoms with Crippen LogP contribution in [0.3, 0.4) is 0 Å².